The number of carbonyl (C=O) groups excluding carboxylic acids is 1. The number of amides is 1. The second-order valence-electron chi connectivity index (χ2n) is 6.24. The zero-order valence-electron chi connectivity index (χ0n) is 12.6. The maximum atomic E-state index is 13.4. The molecule has 0 aliphatic heterocycles. The first-order chi connectivity index (χ1) is 10.6. The van der Waals surface area contributed by atoms with E-state index in [1.807, 2.05) is 12.3 Å². The third-order valence-electron chi connectivity index (χ3n) is 4.66. The van der Waals surface area contributed by atoms with Crippen molar-refractivity contribution in [2.24, 2.45) is 5.73 Å². The predicted octanol–water partition coefficient (Wildman–Crippen LogP) is 2.56. The van der Waals surface area contributed by atoms with Gasteiger partial charge in [0.25, 0.3) is 0 Å². The van der Waals surface area contributed by atoms with Gasteiger partial charge in [-0.3, -0.25) is 4.79 Å². The standard InChI is InChI=1S/C17H22FN3O/c18-14-5-4-13-6-9-21(15(13)10-14)11-16(22)20-17(12-19)7-2-1-3-8-17/h4-6,9-10H,1-3,7-8,11-12,19H2,(H,20,22). The highest BCUT2D eigenvalue weighted by Crippen LogP contribution is 2.27. The molecule has 1 aromatic heterocycles. The number of fused-ring (bicyclic) bond motifs is 1. The maximum Gasteiger partial charge on any atom is 0.240 e. The first-order valence-corrected chi connectivity index (χ1v) is 7.87. The SMILES string of the molecule is NCC1(NC(=O)Cn2ccc3ccc(F)cc32)CCCCC1. The average Bonchev–Trinajstić information content (AvgIpc) is 2.90. The fourth-order valence-corrected chi connectivity index (χ4v) is 3.39. The number of nitrogens with two attached hydrogens (primary N) is 1. The molecule has 1 aromatic carbocycles. The molecule has 0 spiro atoms. The summed E-state index contributed by atoms with van der Waals surface area (Å²) in [4.78, 5) is 12.4. The van der Waals surface area contributed by atoms with Crippen molar-refractivity contribution in [1.29, 1.82) is 0 Å². The highest BCUT2D eigenvalue weighted by molar-refractivity contribution is 5.83. The van der Waals surface area contributed by atoms with Gasteiger partial charge in [0, 0.05) is 12.7 Å². The summed E-state index contributed by atoms with van der Waals surface area (Å²) in [5.74, 6) is -0.354. The highest BCUT2D eigenvalue weighted by atomic mass is 19.1. The molecule has 0 atom stereocenters. The topological polar surface area (TPSA) is 60.0 Å². The van der Waals surface area contributed by atoms with Gasteiger partial charge in [-0.15, -0.1) is 0 Å². The van der Waals surface area contributed by atoms with E-state index in [1.54, 1.807) is 10.6 Å². The van der Waals surface area contributed by atoms with Crippen molar-refractivity contribution in [3.63, 3.8) is 0 Å². The number of hydrogen-bond acceptors (Lipinski definition) is 2. The van der Waals surface area contributed by atoms with E-state index < -0.39 is 0 Å². The van der Waals surface area contributed by atoms with Gasteiger partial charge in [-0.1, -0.05) is 19.3 Å². The molecule has 0 unspecified atom stereocenters. The Labute approximate surface area is 129 Å². The van der Waals surface area contributed by atoms with Crippen LogP contribution in [0.3, 0.4) is 0 Å². The van der Waals surface area contributed by atoms with E-state index in [1.165, 1.54) is 18.6 Å². The number of aromatic nitrogens is 1. The Morgan fingerprint density at radius 2 is 2.05 bits per heavy atom. The van der Waals surface area contributed by atoms with Crippen molar-refractivity contribution in [2.45, 2.75) is 44.2 Å². The predicted molar refractivity (Wildman–Crippen MR) is 84.9 cm³/mol. The summed E-state index contributed by atoms with van der Waals surface area (Å²) in [6.07, 6.45) is 7.12. The van der Waals surface area contributed by atoms with Gasteiger partial charge in [-0.05, 0) is 42.5 Å². The molecule has 1 saturated carbocycles. The van der Waals surface area contributed by atoms with Crippen LogP contribution < -0.4 is 11.1 Å². The molecular formula is C17H22FN3O. The van der Waals surface area contributed by atoms with Gasteiger partial charge in [-0.2, -0.15) is 0 Å². The van der Waals surface area contributed by atoms with Gasteiger partial charge >= 0.3 is 0 Å². The Morgan fingerprint density at radius 3 is 2.77 bits per heavy atom. The molecule has 1 heterocycles. The Balaban J connectivity index is 1.74. The van der Waals surface area contributed by atoms with Gasteiger partial charge in [0.15, 0.2) is 0 Å². The van der Waals surface area contributed by atoms with Crippen LogP contribution in [0.4, 0.5) is 4.39 Å². The zero-order valence-corrected chi connectivity index (χ0v) is 12.6. The number of nitrogens with zero attached hydrogens (tertiary/aromatic N) is 1. The third kappa shape index (κ3) is 2.99. The maximum absolute atomic E-state index is 13.4. The van der Waals surface area contributed by atoms with E-state index >= 15 is 0 Å². The monoisotopic (exact) mass is 303 g/mol. The second kappa shape index (κ2) is 6.08. The van der Waals surface area contributed by atoms with Crippen LogP contribution in [0.2, 0.25) is 0 Å². The average molecular weight is 303 g/mol. The van der Waals surface area contributed by atoms with Crippen LogP contribution >= 0.6 is 0 Å². The molecule has 0 radical (unpaired) electrons. The fourth-order valence-electron chi connectivity index (χ4n) is 3.39. The first-order valence-electron chi connectivity index (χ1n) is 7.87. The van der Waals surface area contributed by atoms with Crippen molar-refractivity contribution < 1.29 is 9.18 Å². The molecular weight excluding hydrogens is 281 g/mol. The second-order valence-corrected chi connectivity index (χ2v) is 6.24. The highest BCUT2D eigenvalue weighted by Gasteiger charge is 2.32. The van der Waals surface area contributed by atoms with Crippen LogP contribution in [-0.4, -0.2) is 22.6 Å². The summed E-state index contributed by atoms with van der Waals surface area (Å²) < 4.78 is 15.2. The summed E-state index contributed by atoms with van der Waals surface area (Å²) in [6, 6.07) is 6.50. The van der Waals surface area contributed by atoms with E-state index in [9.17, 15) is 9.18 Å². The van der Waals surface area contributed by atoms with Crippen LogP contribution in [-0.2, 0) is 11.3 Å². The molecule has 2 aromatic rings. The van der Waals surface area contributed by atoms with Crippen LogP contribution in [0.25, 0.3) is 10.9 Å². The van der Waals surface area contributed by atoms with E-state index in [2.05, 4.69) is 5.32 Å². The van der Waals surface area contributed by atoms with Crippen molar-refractivity contribution in [3.8, 4) is 0 Å². The molecule has 118 valence electrons. The number of rotatable bonds is 4. The minimum Gasteiger partial charge on any atom is -0.348 e. The summed E-state index contributed by atoms with van der Waals surface area (Å²) >= 11 is 0. The van der Waals surface area contributed by atoms with Crippen LogP contribution in [0.1, 0.15) is 32.1 Å². The lowest BCUT2D eigenvalue weighted by Crippen LogP contribution is -2.55. The zero-order chi connectivity index (χ0) is 15.6. The lowest BCUT2D eigenvalue weighted by atomic mass is 9.81. The third-order valence-corrected chi connectivity index (χ3v) is 4.66. The molecule has 1 amide bonds. The Morgan fingerprint density at radius 1 is 1.27 bits per heavy atom. The van der Waals surface area contributed by atoms with E-state index in [-0.39, 0.29) is 23.8 Å². The number of carbonyl (C=O) groups is 1. The number of nitrogens with one attached hydrogen (secondary N) is 1. The molecule has 1 aliphatic carbocycles. The van der Waals surface area contributed by atoms with Gasteiger partial charge in [-0.25, -0.2) is 4.39 Å². The van der Waals surface area contributed by atoms with E-state index in [4.69, 9.17) is 5.73 Å². The van der Waals surface area contributed by atoms with Crippen molar-refractivity contribution >= 4 is 16.8 Å². The molecule has 1 aliphatic rings. The summed E-state index contributed by atoms with van der Waals surface area (Å²) in [5, 5.41) is 4.05. The quantitative estimate of drug-likeness (QED) is 0.912. The lowest BCUT2D eigenvalue weighted by molar-refractivity contribution is -0.123. The minimum absolute atomic E-state index is 0.0610. The van der Waals surface area contributed by atoms with Crippen LogP contribution in [0.5, 0.6) is 0 Å². The number of halogens is 1. The number of hydrogen-bond donors (Lipinski definition) is 2. The van der Waals surface area contributed by atoms with Crippen LogP contribution in [0, 0.1) is 5.82 Å². The normalized spacial score (nSPS) is 17.5. The smallest absolute Gasteiger partial charge is 0.240 e. The van der Waals surface area contributed by atoms with E-state index in [0.717, 1.165) is 36.6 Å². The summed E-state index contributed by atoms with van der Waals surface area (Å²) in [7, 11) is 0. The Hall–Kier alpha value is -1.88. The lowest BCUT2D eigenvalue weighted by Gasteiger charge is -2.37. The van der Waals surface area contributed by atoms with Crippen molar-refractivity contribution in [1.82, 2.24) is 9.88 Å². The Bertz CT molecular complexity index is 674. The fraction of sp³-hybridized carbons (Fsp3) is 0.471. The van der Waals surface area contributed by atoms with Crippen molar-refractivity contribution in [3.05, 3.63) is 36.3 Å². The first kappa shape index (κ1) is 15.0. The molecule has 0 saturated heterocycles. The van der Waals surface area contributed by atoms with Gasteiger partial charge in [0.05, 0.1) is 11.1 Å². The summed E-state index contributed by atoms with van der Waals surface area (Å²) in [6.45, 7) is 0.661. The van der Waals surface area contributed by atoms with Gasteiger partial charge < -0.3 is 15.6 Å². The van der Waals surface area contributed by atoms with Gasteiger partial charge in [0.1, 0.15) is 12.4 Å². The largest absolute Gasteiger partial charge is 0.348 e. The molecule has 4 nitrogen and oxygen atoms in total. The molecule has 5 heteroatoms. The van der Waals surface area contributed by atoms with Gasteiger partial charge in [0.2, 0.25) is 5.91 Å². The molecule has 0 bridgehead atoms. The molecule has 3 rings (SSSR count). The van der Waals surface area contributed by atoms with E-state index in [0.29, 0.717) is 6.54 Å². The molecule has 22 heavy (non-hydrogen) atoms. The van der Waals surface area contributed by atoms with Crippen molar-refractivity contribution in [2.75, 3.05) is 6.54 Å². The minimum atomic E-state index is -0.293. The summed E-state index contributed by atoms with van der Waals surface area (Å²) in [5.41, 5.74) is 6.38. The van der Waals surface area contributed by atoms with Crippen LogP contribution in [0.15, 0.2) is 30.5 Å². The molecule has 3 N–H and O–H groups in total. The molecule has 1 fully saturated rings. The Kier molecular flexibility index (Phi) is 4.16. The number of benzene rings is 1.